The normalized spacial score (nSPS) is 30.2. The molecule has 2 bridgehead atoms. The zero-order valence-corrected chi connectivity index (χ0v) is 13.7. The molecule has 2 fully saturated rings. The van der Waals surface area contributed by atoms with Crippen LogP contribution in [0.25, 0.3) is 0 Å². The van der Waals surface area contributed by atoms with E-state index < -0.39 is 5.60 Å². The van der Waals surface area contributed by atoms with Crippen LogP contribution in [0, 0.1) is 17.7 Å². The summed E-state index contributed by atoms with van der Waals surface area (Å²) in [5, 5.41) is 11.5. The van der Waals surface area contributed by atoms with Crippen molar-refractivity contribution < 1.29 is 9.50 Å². The predicted molar refractivity (Wildman–Crippen MR) is 90.6 cm³/mol. The maximum absolute atomic E-state index is 13.1. The summed E-state index contributed by atoms with van der Waals surface area (Å²) in [7, 11) is 0. The molecular weight excluding hydrogens is 303 g/mol. The molecular formula is C20H23FN2O. The van der Waals surface area contributed by atoms with E-state index in [1.807, 2.05) is 30.5 Å². The number of hydrogen-bond donors (Lipinski definition) is 1. The molecule has 1 aliphatic carbocycles. The number of rotatable bonds is 3. The number of halogens is 1. The minimum Gasteiger partial charge on any atom is -0.384 e. The molecule has 2 aliphatic rings. The minimum absolute atomic E-state index is 0.194. The van der Waals surface area contributed by atoms with Gasteiger partial charge >= 0.3 is 0 Å². The van der Waals surface area contributed by atoms with Crippen LogP contribution in [-0.2, 0) is 12.1 Å². The molecule has 1 aromatic carbocycles. The summed E-state index contributed by atoms with van der Waals surface area (Å²) in [6.45, 7) is 2.56. The van der Waals surface area contributed by atoms with Crippen molar-refractivity contribution in [2.45, 2.75) is 31.4 Å². The van der Waals surface area contributed by atoms with Crippen LogP contribution in [0.2, 0.25) is 0 Å². The third kappa shape index (κ3) is 2.74. The topological polar surface area (TPSA) is 36.4 Å². The van der Waals surface area contributed by atoms with Crippen molar-refractivity contribution in [2.24, 2.45) is 11.8 Å². The molecule has 2 aromatic rings. The maximum atomic E-state index is 13.1. The second-order valence-electron chi connectivity index (χ2n) is 7.21. The Kier molecular flexibility index (Phi) is 4.10. The highest BCUT2D eigenvalue weighted by Crippen LogP contribution is 2.49. The van der Waals surface area contributed by atoms with Gasteiger partial charge in [0.1, 0.15) is 5.82 Å². The molecule has 3 nitrogen and oxygen atoms in total. The Morgan fingerprint density at radius 2 is 1.83 bits per heavy atom. The fourth-order valence-electron chi connectivity index (χ4n) is 4.59. The fraction of sp³-hybridized carbons (Fsp3) is 0.450. The molecule has 4 rings (SSSR count). The van der Waals surface area contributed by atoms with Crippen molar-refractivity contribution in [3.05, 3.63) is 65.7 Å². The Balaban J connectivity index is 1.55. The number of pyridine rings is 1. The number of hydrogen-bond acceptors (Lipinski definition) is 3. The molecule has 1 aromatic heterocycles. The van der Waals surface area contributed by atoms with Gasteiger partial charge < -0.3 is 5.11 Å². The summed E-state index contributed by atoms with van der Waals surface area (Å²) in [6.07, 6.45) is 6.85. The van der Waals surface area contributed by atoms with Gasteiger partial charge in [0.15, 0.2) is 0 Å². The van der Waals surface area contributed by atoms with Crippen LogP contribution >= 0.6 is 0 Å². The maximum Gasteiger partial charge on any atom is 0.123 e. The fourth-order valence-corrected chi connectivity index (χ4v) is 4.59. The zero-order chi connectivity index (χ0) is 16.6. The third-order valence-corrected chi connectivity index (χ3v) is 5.75. The van der Waals surface area contributed by atoms with Crippen LogP contribution < -0.4 is 0 Å². The summed E-state index contributed by atoms with van der Waals surface area (Å²) >= 11 is 0. The first-order valence-electron chi connectivity index (χ1n) is 8.76. The van der Waals surface area contributed by atoms with E-state index in [0.29, 0.717) is 0 Å². The highest BCUT2D eigenvalue weighted by Gasteiger charge is 2.51. The first-order chi connectivity index (χ1) is 11.7. The van der Waals surface area contributed by atoms with Crippen LogP contribution in [0.5, 0.6) is 0 Å². The van der Waals surface area contributed by atoms with Gasteiger partial charge in [0.2, 0.25) is 0 Å². The zero-order valence-electron chi connectivity index (χ0n) is 13.7. The quantitative estimate of drug-likeness (QED) is 0.940. The van der Waals surface area contributed by atoms with Crippen molar-refractivity contribution in [1.82, 2.24) is 9.88 Å². The van der Waals surface area contributed by atoms with Gasteiger partial charge in [-0.15, -0.1) is 0 Å². The Hall–Kier alpha value is -1.78. The van der Waals surface area contributed by atoms with Crippen LogP contribution in [0.3, 0.4) is 0 Å². The monoisotopic (exact) mass is 326 g/mol. The van der Waals surface area contributed by atoms with Crippen molar-refractivity contribution in [2.75, 3.05) is 13.1 Å². The van der Waals surface area contributed by atoms with Crippen molar-refractivity contribution in [3.8, 4) is 0 Å². The molecule has 24 heavy (non-hydrogen) atoms. The molecule has 2 heterocycles. The Morgan fingerprint density at radius 3 is 2.46 bits per heavy atom. The second-order valence-corrected chi connectivity index (χ2v) is 7.21. The Morgan fingerprint density at radius 1 is 1.12 bits per heavy atom. The average molecular weight is 326 g/mol. The van der Waals surface area contributed by atoms with E-state index in [2.05, 4.69) is 9.88 Å². The van der Waals surface area contributed by atoms with Gasteiger partial charge in [-0.05, 0) is 36.6 Å². The third-order valence-electron chi connectivity index (χ3n) is 5.75. The smallest absolute Gasteiger partial charge is 0.123 e. The van der Waals surface area contributed by atoms with Crippen molar-refractivity contribution >= 4 is 0 Å². The Labute approximate surface area is 142 Å². The van der Waals surface area contributed by atoms with Crippen LogP contribution in [0.15, 0.2) is 48.8 Å². The molecule has 0 amide bonds. The molecule has 126 valence electrons. The number of likely N-dealkylation sites (tertiary alicyclic amines) is 1. The SMILES string of the molecule is OC1(c2cccnc2)[C@H]2CCC[C@H]1CN(Cc1ccc(F)cc1)C2. The number of aromatic nitrogens is 1. The van der Waals surface area contributed by atoms with Gasteiger partial charge in [-0.1, -0.05) is 24.6 Å². The van der Waals surface area contributed by atoms with Gasteiger partial charge in [-0.2, -0.15) is 0 Å². The number of fused-ring (bicyclic) bond motifs is 2. The van der Waals surface area contributed by atoms with E-state index in [9.17, 15) is 9.50 Å². The summed E-state index contributed by atoms with van der Waals surface area (Å²) in [4.78, 5) is 6.63. The summed E-state index contributed by atoms with van der Waals surface area (Å²) in [5.74, 6) is 0.268. The highest BCUT2D eigenvalue weighted by atomic mass is 19.1. The molecule has 1 N–H and O–H groups in total. The number of piperidine rings is 1. The Bertz CT molecular complexity index is 675. The van der Waals surface area contributed by atoms with E-state index in [1.54, 1.807) is 6.20 Å². The molecule has 2 atom stereocenters. The lowest BCUT2D eigenvalue weighted by Crippen LogP contribution is -2.57. The molecule has 1 aliphatic heterocycles. The van der Waals surface area contributed by atoms with Crippen LogP contribution in [0.4, 0.5) is 4.39 Å². The highest BCUT2D eigenvalue weighted by molar-refractivity contribution is 5.24. The molecule has 1 saturated heterocycles. The van der Waals surface area contributed by atoms with Crippen molar-refractivity contribution in [3.63, 3.8) is 0 Å². The van der Waals surface area contributed by atoms with E-state index in [0.717, 1.165) is 43.6 Å². The van der Waals surface area contributed by atoms with E-state index >= 15 is 0 Å². The number of aliphatic hydroxyl groups is 1. The average Bonchev–Trinajstić information content (AvgIpc) is 2.59. The standard InChI is InChI=1S/C20H23FN2O/c21-19-8-6-15(7-9-19)12-23-13-17-3-1-4-18(14-23)20(17,24)16-5-2-10-22-11-16/h2,5-11,17-18,24H,1,3-4,12-14H2/t17-,18-/m0/s1. The molecule has 4 heteroatoms. The lowest BCUT2D eigenvalue weighted by Gasteiger charge is -2.53. The van der Waals surface area contributed by atoms with E-state index in [-0.39, 0.29) is 17.7 Å². The molecule has 0 unspecified atom stereocenters. The van der Waals surface area contributed by atoms with Gasteiger partial charge in [0.05, 0.1) is 5.60 Å². The molecule has 0 radical (unpaired) electrons. The van der Waals surface area contributed by atoms with Gasteiger partial charge in [-0.3, -0.25) is 9.88 Å². The second kappa shape index (κ2) is 6.26. The summed E-state index contributed by atoms with van der Waals surface area (Å²) in [6, 6.07) is 10.7. The van der Waals surface area contributed by atoms with Crippen LogP contribution in [-0.4, -0.2) is 28.1 Å². The van der Waals surface area contributed by atoms with Gasteiger partial charge in [-0.25, -0.2) is 4.39 Å². The lowest BCUT2D eigenvalue weighted by atomic mass is 9.63. The molecule has 1 saturated carbocycles. The van der Waals surface area contributed by atoms with Crippen molar-refractivity contribution in [1.29, 1.82) is 0 Å². The van der Waals surface area contributed by atoms with Gasteiger partial charge in [0.25, 0.3) is 0 Å². The first-order valence-corrected chi connectivity index (χ1v) is 8.76. The van der Waals surface area contributed by atoms with E-state index in [1.165, 1.54) is 18.6 Å². The van der Waals surface area contributed by atoms with Crippen LogP contribution in [0.1, 0.15) is 30.4 Å². The lowest BCUT2D eigenvalue weighted by molar-refractivity contribution is -0.148. The first kappa shape index (κ1) is 15.7. The minimum atomic E-state index is -0.758. The molecule has 0 spiro atoms. The number of nitrogens with zero attached hydrogens (tertiary/aromatic N) is 2. The summed E-state index contributed by atoms with van der Waals surface area (Å²) < 4.78 is 13.1. The summed E-state index contributed by atoms with van der Waals surface area (Å²) in [5.41, 5.74) is 1.33. The van der Waals surface area contributed by atoms with Gasteiger partial charge in [0, 0.05) is 49.4 Å². The van der Waals surface area contributed by atoms with E-state index in [4.69, 9.17) is 0 Å². The number of benzene rings is 1. The predicted octanol–water partition coefficient (Wildman–Crippen LogP) is 3.34. The largest absolute Gasteiger partial charge is 0.384 e.